The number of anilines is 2. The van der Waals surface area contributed by atoms with Crippen LogP contribution in [0.3, 0.4) is 0 Å². The van der Waals surface area contributed by atoms with Crippen LogP contribution in [0.4, 0.5) is 11.4 Å². The zero-order valence-corrected chi connectivity index (χ0v) is 13.8. The Bertz CT molecular complexity index is 626. The highest BCUT2D eigenvalue weighted by Gasteiger charge is 2.17. The van der Waals surface area contributed by atoms with Gasteiger partial charge in [0.1, 0.15) is 0 Å². The summed E-state index contributed by atoms with van der Waals surface area (Å²) in [5.74, 6) is -0.0373. The second-order valence-electron chi connectivity index (χ2n) is 6.09. The second-order valence-corrected chi connectivity index (χ2v) is 7.09. The first-order valence-electron chi connectivity index (χ1n) is 7.05. The van der Waals surface area contributed by atoms with E-state index in [2.05, 4.69) is 49.6 Å². The summed E-state index contributed by atoms with van der Waals surface area (Å²) in [6.45, 7) is 8.87. The van der Waals surface area contributed by atoms with E-state index in [-0.39, 0.29) is 11.3 Å². The molecule has 0 aliphatic carbocycles. The number of rotatable bonds is 4. The molecule has 112 valence electrons. The molecule has 1 aromatic carbocycles. The quantitative estimate of drug-likeness (QED) is 0.865. The van der Waals surface area contributed by atoms with Gasteiger partial charge in [0.15, 0.2) is 0 Å². The zero-order chi connectivity index (χ0) is 15.5. The Hall–Kier alpha value is -1.81. The Balaban J connectivity index is 2.14. The predicted octanol–water partition coefficient (Wildman–Crippen LogP) is 4.62. The summed E-state index contributed by atoms with van der Waals surface area (Å²) in [5.41, 5.74) is 3.43. The Morgan fingerprint density at radius 3 is 2.52 bits per heavy atom. The van der Waals surface area contributed by atoms with Crippen LogP contribution < -0.4 is 10.6 Å². The van der Waals surface area contributed by atoms with Crippen molar-refractivity contribution in [2.24, 2.45) is 0 Å². The highest BCUT2D eigenvalue weighted by Crippen LogP contribution is 2.30. The number of carbonyl (C=O) groups excluding carboxylic acids is 1. The van der Waals surface area contributed by atoms with E-state index in [1.807, 2.05) is 17.5 Å². The van der Waals surface area contributed by atoms with Crippen LogP contribution in [-0.4, -0.2) is 5.91 Å². The first kappa shape index (κ1) is 15.6. The number of hydrogen-bond acceptors (Lipinski definition) is 3. The largest absolute Gasteiger partial charge is 0.380 e. The standard InChI is InChI=1S/C17H22N2OS/c1-12(20)19-15-9-10-21-16(15)11-18-14-8-6-5-7-13(14)17(2,3)4/h5-10,18H,11H2,1-4H3,(H,19,20). The number of carbonyl (C=O) groups is 1. The third-order valence-corrected chi connectivity index (χ3v) is 4.15. The molecule has 2 N–H and O–H groups in total. The SMILES string of the molecule is CC(=O)Nc1ccsc1CNc1ccccc1C(C)(C)C. The van der Waals surface area contributed by atoms with Crippen LogP contribution in [0.2, 0.25) is 0 Å². The van der Waals surface area contributed by atoms with Crippen LogP contribution in [0.5, 0.6) is 0 Å². The average molecular weight is 302 g/mol. The first-order chi connectivity index (χ1) is 9.88. The van der Waals surface area contributed by atoms with Crippen molar-refractivity contribution in [2.75, 3.05) is 10.6 Å². The summed E-state index contributed by atoms with van der Waals surface area (Å²) in [6, 6.07) is 10.3. The van der Waals surface area contributed by atoms with E-state index in [9.17, 15) is 4.79 Å². The topological polar surface area (TPSA) is 41.1 Å². The van der Waals surface area contributed by atoms with Crippen LogP contribution in [0.15, 0.2) is 35.7 Å². The fourth-order valence-corrected chi connectivity index (χ4v) is 3.02. The molecule has 0 aliphatic rings. The summed E-state index contributed by atoms with van der Waals surface area (Å²) in [4.78, 5) is 12.3. The molecule has 0 atom stereocenters. The lowest BCUT2D eigenvalue weighted by molar-refractivity contribution is -0.114. The van der Waals surface area contributed by atoms with Gasteiger partial charge < -0.3 is 10.6 Å². The van der Waals surface area contributed by atoms with Gasteiger partial charge in [-0.05, 0) is 28.5 Å². The van der Waals surface area contributed by atoms with E-state index < -0.39 is 0 Å². The molecule has 4 heteroatoms. The van der Waals surface area contributed by atoms with Gasteiger partial charge in [-0.25, -0.2) is 0 Å². The first-order valence-corrected chi connectivity index (χ1v) is 7.93. The molecule has 21 heavy (non-hydrogen) atoms. The number of para-hydroxylation sites is 1. The maximum atomic E-state index is 11.2. The summed E-state index contributed by atoms with van der Waals surface area (Å²) in [6.07, 6.45) is 0. The van der Waals surface area contributed by atoms with Crippen molar-refractivity contribution >= 4 is 28.6 Å². The van der Waals surface area contributed by atoms with Crippen LogP contribution >= 0.6 is 11.3 Å². The molecule has 0 saturated carbocycles. The van der Waals surface area contributed by atoms with Gasteiger partial charge in [0.2, 0.25) is 5.91 Å². The van der Waals surface area contributed by atoms with Crippen molar-refractivity contribution in [3.8, 4) is 0 Å². The van der Waals surface area contributed by atoms with Crippen LogP contribution in [0, 0.1) is 0 Å². The van der Waals surface area contributed by atoms with Crippen molar-refractivity contribution in [1.29, 1.82) is 0 Å². The van der Waals surface area contributed by atoms with Gasteiger partial charge in [-0.2, -0.15) is 0 Å². The van der Waals surface area contributed by atoms with Gasteiger partial charge in [0, 0.05) is 17.5 Å². The molecule has 0 unspecified atom stereocenters. The average Bonchev–Trinajstić information content (AvgIpc) is 2.82. The van der Waals surface area contributed by atoms with Gasteiger partial charge in [-0.15, -0.1) is 11.3 Å². The summed E-state index contributed by atoms with van der Waals surface area (Å²) >= 11 is 1.65. The minimum absolute atomic E-state index is 0.0373. The van der Waals surface area contributed by atoms with Crippen LogP contribution in [0.1, 0.15) is 38.1 Å². The molecule has 3 nitrogen and oxygen atoms in total. The molecule has 1 amide bonds. The highest BCUT2D eigenvalue weighted by atomic mass is 32.1. The minimum Gasteiger partial charge on any atom is -0.380 e. The molecular formula is C17H22N2OS. The smallest absolute Gasteiger partial charge is 0.221 e. The molecule has 2 rings (SSSR count). The Morgan fingerprint density at radius 1 is 1.14 bits per heavy atom. The maximum Gasteiger partial charge on any atom is 0.221 e. The molecule has 2 aromatic rings. The van der Waals surface area contributed by atoms with Crippen LogP contribution in [0.25, 0.3) is 0 Å². The van der Waals surface area contributed by atoms with E-state index in [4.69, 9.17) is 0 Å². The van der Waals surface area contributed by atoms with Crippen molar-refractivity contribution < 1.29 is 4.79 Å². The Morgan fingerprint density at radius 2 is 1.86 bits per heavy atom. The highest BCUT2D eigenvalue weighted by molar-refractivity contribution is 7.10. The Labute approximate surface area is 130 Å². The van der Waals surface area contributed by atoms with Crippen molar-refractivity contribution in [2.45, 2.75) is 39.7 Å². The molecule has 1 heterocycles. The Kier molecular flexibility index (Phi) is 4.68. The van der Waals surface area contributed by atoms with Crippen molar-refractivity contribution in [1.82, 2.24) is 0 Å². The van der Waals surface area contributed by atoms with E-state index in [0.717, 1.165) is 16.3 Å². The van der Waals surface area contributed by atoms with E-state index >= 15 is 0 Å². The van der Waals surface area contributed by atoms with Crippen molar-refractivity contribution in [3.63, 3.8) is 0 Å². The number of benzene rings is 1. The summed E-state index contributed by atoms with van der Waals surface area (Å²) < 4.78 is 0. The molecular weight excluding hydrogens is 280 g/mol. The number of amides is 1. The minimum atomic E-state index is -0.0373. The fourth-order valence-electron chi connectivity index (χ4n) is 2.25. The van der Waals surface area contributed by atoms with Gasteiger partial charge in [-0.1, -0.05) is 39.0 Å². The molecule has 1 aromatic heterocycles. The van der Waals surface area contributed by atoms with Crippen molar-refractivity contribution in [3.05, 3.63) is 46.2 Å². The fraction of sp³-hybridized carbons (Fsp3) is 0.353. The lowest BCUT2D eigenvalue weighted by atomic mass is 9.86. The third-order valence-electron chi connectivity index (χ3n) is 3.23. The maximum absolute atomic E-state index is 11.2. The third kappa shape index (κ3) is 4.08. The molecule has 0 spiro atoms. The monoisotopic (exact) mass is 302 g/mol. The predicted molar refractivity (Wildman–Crippen MR) is 91.1 cm³/mol. The molecule has 0 radical (unpaired) electrons. The number of nitrogens with one attached hydrogen (secondary N) is 2. The van der Waals surface area contributed by atoms with Gasteiger partial charge in [-0.3, -0.25) is 4.79 Å². The number of thiophene rings is 1. The lowest BCUT2D eigenvalue weighted by Gasteiger charge is -2.23. The lowest BCUT2D eigenvalue weighted by Crippen LogP contribution is -2.15. The number of hydrogen-bond donors (Lipinski definition) is 2. The van der Waals surface area contributed by atoms with Crippen LogP contribution in [-0.2, 0) is 16.8 Å². The molecule has 0 aliphatic heterocycles. The van der Waals surface area contributed by atoms with E-state index in [0.29, 0.717) is 6.54 Å². The molecule has 0 saturated heterocycles. The van der Waals surface area contributed by atoms with Gasteiger partial charge >= 0.3 is 0 Å². The summed E-state index contributed by atoms with van der Waals surface area (Å²) in [5, 5.41) is 8.36. The second kappa shape index (κ2) is 6.31. The van der Waals surface area contributed by atoms with Gasteiger partial charge in [0.05, 0.1) is 12.2 Å². The molecule has 0 fully saturated rings. The van der Waals surface area contributed by atoms with E-state index in [1.54, 1.807) is 11.3 Å². The normalized spacial score (nSPS) is 11.2. The van der Waals surface area contributed by atoms with E-state index in [1.165, 1.54) is 12.5 Å². The zero-order valence-electron chi connectivity index (χ0n) is 13.0. The molecule has 0 bridgehead atoms. The summed E-state index contributed by atoms with van der Waals surface area (Å²) in [7, 11) is 0. The van der Waals surface area contributed by atoms with Gasteiger partial charge in [0.25, 0.3) is 0 Å².